The minimum atomic E-state index is 0.319. The molecule has 0 atom stereocenters. The molecule has 0 unspecified atom stereocenters. The van der Waals surface area contributed by atoms with Crippen LogP contribution < -0.4 is 11.1 Å². The second-order valence-electron chi connectivity index (χ2n) is 5.29. The Morgan fingerprint density at radius 1 is 1.20 bits per heavy atom. The van der Waals surface area contributed by atoms with Gasteiger partial charge in [0.25, 0.3) is 0 Å². The van der Waals surface area contributed by atoms with E-state index < -0.39 is 0 Å². The van der Waals surface area contributed by atoms with Crippen molar-refractivity contribution in [3.63, 3.8) is 0 Å². The SMILES string of the molecule is CCCO.Nc1nc(Nc2ccc3ncccc3c2)nc2nc[nH]c12. The second-order valence-corrected chi connectivity index (χ2v) is 5.29. The van der Waals surface area contributed by atoms with Crippen molar-refractivity contribution in [3.05, 3.63) is 42.9 Å². The second kappa shape index (κ2) is 7.54. The maximum atomic E-state index is 7.88. The van der Waals surface area contributed by atoms with Crippen LogP contribution in [0.4, 0.5) is 17.5 Å². The largest absolute Gasteiger partial charge is 0.396 e. The number of pyridine rings is 1. The summed E-state index contributed by atoms with van der Waals surface area (Å²) in [7, 11) is 0. The number of nitrogens with two attached hydrogens (primary N) is 1. The molecule has 0 bridgehead atoms. The van der Waals surface area contributed by atoms with Gasteiger partial charge in [0.15, 0.2) is 11.5 Å². The van der Waals surface area contributed by atoms with Crippen LogP contribution >= 0.6 is 0 Å². The van der Waals surface area contributed by atoms with Crippen molar-refractivity contribution >= 4 is 39.5 Å². The zero-order valence-corrected chi connectivity index (χ0v) is 13.8. The highest BCUT2D eigenvalue weighted by Crippen LogP contribution is 2.21. The highest BCUT2D eigenvalue weighted by Gasteiger charge is 2.07. The smallest absolute Gasteiger partial charge is 0.231 e. The third kappa shape index (κ3) is 3.81. The van der Waals surface area contributed by atoms with E-state index in [-0.39, 0.29) is 0 Å². The molecule has 0 radical (unpaired) electrons. The van der Waals surface area contributed by atoms with Crippen molar-refractivity contribution < 1.29 is 5.11 Å². The zero-order chi connectivity index (χ0) is 17.6. The fourth-order valence-electron chi connectivity index (χ4n) is 2.19. The van der Waals surface area contributed by atoms with Crippen LogP contribution in [0.15, 0.2) is 42.9 Å². The molecular weight excluding hydrogens is 318 g/mol. The van der Waals surface area contributed by atoms with Crippen molar-refractivity contribution in [3.8, 4) is 0 Å². The number of H-pyrrole nitrogens is 1. The van der Waals surface area contributed by atoms with Crippen LogP contribution in [0.2, 0.25) is 0 Å². The van der Waals surface area contributed by atoms with E-state index in [0.29, 0.717) is 29.5 Å². The summed E-state index contributed by atoms with van der Waals surface area (Å²) in [6, 6.07) is 9.74. The molecule has 0 aliphatic heterocycles. The van der Waals surface area contributed by atoms with Gasteiger partial charge in [0.2, 0.25) is 5.95 Å². The van der Waals surface area contributed by atoms with Crippen LogP contribution in [0.25, 0.3) is 22.1 Å². The number of hydrogen-bond donors (Lipinski definition) is 4. The Balaban J connectivity index is 0.000000415. The normalized spacial score (nSPS) is 10.5. The van der Waals surface area contributed by atoms with E-state index in [9.17, 15) is 0 Å². The van der Waals surface area contributed by atoms with Crippen molar-refractivity contribution in [1.29, 1.82) is 0 Å². The number of aromatic nitrogens is 5. The fourth-order valence-corrected chi connectivity index (χ4v) is 2.19. The van der Waals surface area contributed by atoms with Crippen LogP contribution in [-0.4, -0.2) is 36.6 Å². The third-order valence-corrected chi connectivity index (χ3v) is 3.40. The Labute approximate surface area is 144 Å². The summed E-state index contributed by atoms with van der Waals surface area (Å²) < 4.78 is 0. The van der Waals surface area contributed by atoms with Gasteiger partial charge in [-0.2, -0.15) is 9.97 Å². The summed E-state index contributed by atoms with van der Waals surface area (Å²) in [5, 5.41) is 12.0. The van der Waals surface area contributed by atoms with Gasteiger partial charge in [0.1, 0.15) is 5.52 Å². The molecule has 0 amide bonds. The van der Waals surface area contributed by atoms with Gasteiger partial charge >= 0.3 is 0 Å². The molecule has 3 aromatic heterocycles. The monoisotopic (exact) mass is 337 g/mol. The average molecular weight is 337 g/mol. The molecule has 5 N–H and O–H groups in total. The summed E-state index contributed by atoms with van der Waals surface area (Å²) in [6.45, 7) is 2.25. The number of hydrogen-bond acceptors (Lipinski definition) is 7. The third-order valence-electron chi connectivity index (χ3n) is 3.40. The minimum absolute atomic E-state index is 0.319. The average Bonchev–Trinajstić information content (AvgIpc) is 3.11. The van der Waals surface area contributed by atoms with E-state index in [0.717, 1.165) is 23.0 Å². The number of nitrogen functional groups attached to an aromatic ring is 1. The van der Waals surface area contributed by atoms with Gasteiger partial charge in [-0.1, -0.05) is 13.0 Å². The number of anilines is 3. The fraction of sp³-hybridized carbons (Fsp3) is 0.176. The standard InChI is InChI=1S/C14H11N7.C3H8O/c15-12-11-13(18-7-17-11)21-14(20-12)19-9-3-4-10-8(6-9)2-1-5-16-10;1-2-3-4/h1-7H,(H4,15,17,18,19,20,21);4H,2-3H2,1H3. The lowest BCUT2D eigenvalue weighted by atomic mass is 10.2. The number of nitrogens with one attached hydrogen (secondary N) is 2. The molecule has 3 heterocycles. The first kappa shape index (κ1) is 16.6. The van der Waals surface area contributed by atoms with Crippen molar-refractivity contribution in [1.82, 2.24) is 24.9 Å². The number of imidazole rings is 1. The molecule has 25 heavy (non-hydrogen) atoms. The predicted molar refractivity (Wildman–Crippen MR) is 98.5 cm³/mol. The Bertz CT molecular complexity index is 981. The first-order valence-electron chi connectivity index (χ1n) is 7.90. The van der Waals surface area contributed by atoms with E-state index in [1.807, 2.05) is 37.3 Å². The van der Waals surface area contributed by atoms with Gasteiger partial charge in [-0.25, -0.2) is 4.98 Å². The lowest BCUT2D eigenvalue weighted by Crippen LogP contribution is -2.01. The van der Waals surface area contributed by atoms with Gasteiger partial charge in [0.05, 0.1) is 11.8 Å². The van der Waals surface area contributed by atoms with Crippen LogP contribution in [0.1, 0.15) is 13.3 Å². The summed E-state index contributed by atoms with van der Waals surface area (Å²) in [5.41, 5.74) is 8.85. The van der Waals surface area contributed by atoms with Crippen LogP contribution in [0, 0.1) is 0 Å². The van der Waals surface area contributed by atoms with E-state index in [4.69, 9.17) is 10.8 Å². The molecule has 0 aliphatic rings. The van der Waals surface area contributed by atoms with Gasteiger partial charge in [0, 0.05) is 23.9 Å². The quantitative estimate of drug-likeness (QED) is 0.453. The number of benzene rings is 1. The summed E-state index contributed by atoms with van der Waals surface area (Å²) >= 11 is 0. The van der Waals surface area contributed by atoms with Crippen LogP contribution in [0.5, 0.6) is 0 Å². The molecular formula is C17H19N7O. The molecule has 128 valence electrons. The Morgan fingerprint density at radius 2 is 2.04 bits per heavy atom. The maximum Gasteiger partial charge on any atom is 0.231 e. The first-order chi connectivity index (χ1) is 12.2. The van der Waals surface area contributed by atoms with Crippen LogP contribution in [0.3, 0.4) is 0 Å². The van der Waals surface area contributed by atoms with Crippen LogP contribution in [-0.2, 0) is 0 Å². The Hall–Kier alpha value is -3.26. The predicted octanol–water partition coefficient (Wildman–Crippen LogP) is 2.62. The number of nitrogens with zero attached hydrogens (tertiary/aromatic N) is 4. The van der Waals surface area contributed by atoms with E-state index in [1.165, 1.54) is 0 Å². The van der Waals surface area contributed by atoms with Gasteiger partial charge in [-0.3, -0.25) is 4.98 Å². The van der Waals surface area contributed by atoms with Crippen molar-refractivity contribution in [2.75, 3.05) is 17.7 Å². The molecule has 0 aliphatic carbocycles. The molecule has 0 spiro atoms. The lowest BCUT2D eigenvalue weighted by Gasteiger charge is -2.06. The van der Waals surface area contributed by atoms with E-state index in [2.05, 4.69) is 30.2 Å². The molecule has 0 saturated carbocycles. The molecule has 8 heteroatoms. The van der Waals surface area contributed by atoms with Gasteiger partial charge < -0.3 is 21.1 Å². The molecule has 8 nitrogen and oxygen atoms in total. The van der Waals surface area contributed by atoms with E-state index >= 15 is 0 Å². The number of aromatic amines is 1. The highest BCUT2D eigenvalue weighted by molar-refractivity contribution is 5.85. The lowest BCUT2D eigenvalue weighted by molar-refractivity contribution is 0.295. The molecule has 4 aromatic rings. The zero-order valence-electron chi connectivity index (χ0n) is 13.8. The number of fused-ring (bicyclic) bond motifs is 2. The molecule has 1 aromatic carbocycles. The highest BCUT2D eigenvalue weighted by atomic mass is 16.2. The summed E-state index contributed by atoms with van der Waals surface area (Å²) in [6.07, 6.45) is 4.19. The minimum Gasteiger partial charge on any atom is -0.396 e. The van der Waals surface area contributed by atoms with Crippen molar-refractivity contribution in [2.45, 2.75) is 13.3 Å². The Morgan fingerprint density at radius 3 is 2.84 bits per heavy atom. The molecule has 0 fully saturated rings. The topological polar surface area (TPSA) is 126 Å². The Kier molecular flexibility index (Phi) is 5.00. The molecule has 0 saturated heterocycles. The first-order valence-corrected chi connectivity index (χ1v) is 7.90. The number of aliphatic hydroxyl groups excluding tert-OH is 1. The van der Waals surface area contributed by atoms with Gasteiger partial charge in [-0.05, 0) is 30.7 Å². The number of rotatable bonds is 3. The molecule has 4 rings (SSSR count). The number of aliphatic hydroxyl groups is 1. The summed E-state index contributed by atoms with van der Waals surface area (Å²) in [5.74, 6) is 0.776. The van der Waals surface area contributed by atoms with Crippen molar-refractivity contribution in [2.24, 2.45) is 0 Å². The maximum absolute atomic E-state index is 7.88. The summed E-state index contributed by atoms with van der Waals surface area (Å²) in [4.78, 5) is 19.8. The van der Waals surface area contributed by atoms with E-state index in [1.54, 1.807) is 12.5 Å². The van der Waals surface area contributed by atoms with Gasteiger partial charge in [-0.15, -0.1) is 0 Å².